The number of nitrogens with zero attached hydrogens (tertiary/aromatic N) is 1. The van der Waals surface area contributed by atoms with Crippen molar-refractivity contribution in [1.29, 1.82) is 0 Å². The summed E-state index contributed by atoms with van der Waals surface area (Å²) in [6.07, 6.45) is 0.979. The zero-order valence-corrected chi connectivity index (χ0v) is 11.9. The molecule has 1 aromatic heterocycles. The molecular formula is C16H18N4O. The Balaban J connectivity index is 1.95. The van der Waals surface area contributed by atoms with E-state index >= 15 is 0 Å². The van der Waals surface area contributed by atoms with Crippen LogP contribution < -0.4 is 16.4 Å². The minimum atomic E-state index is -0.442. The lowest BCUT2D eigenvalue weighted by Gasteiger charge is -2.21. The molecule has 2 aromatic rings. The Kier molecular flexibility index (Phi) is 3.58. The first kappa shape index (κ1) is 13.6. The molecule has 1 aliphatic rings. The minimum Gasteiger partial charge on any atom is -0.366 e. The molecule has 3 rings (SSSR count). The van der Waals surface area contributed by atoms with E-state index < -0.39 is 5.91 Å². The molecule has 1 aromatic carbocycles. The number of rotatable bonds is 3. The first-order valence-corrected chi connectivity index (χ1v) is 7.00. The van der Waals surface area contributed by atoms with Gasteiger partial charge in [-0.2, -0.15) is 0 Å². The summed E-state index contributed by atoms with van der Waals surface area (Å²) < 4.78 is 0. The maximum Gasteiger partial charge on any atom is 0.248 e. The first-order chi connectivity index (χ1) is 10.1. The summed E-state index contributed by atoms with van der Waals surface area (Å²) in [4.78, 5) is 15.8. The van der Waals surface area contributed by atoms with Gasteiger partial charge in [-0.1, -0.05) is 12.1 Å². The Bertz CT molecular complexity index is 697. The van der Waals surface area contributed by atoms with Crippen molar-refractivity contribution in [2.45, 2.75) is 19.9 Å². The third-order valence-electron chi connectivity index (χ3n) is 3.64. The lowest BCUT2D eigenvalue weighted by Crippen LogP contribution is -2.24. The van der Waals surface area contributed by atoms with E-state index in [2.05, 4.69) is 21.7 Å². The average molecular weight is 282 g/mol. The molecule has 4 N–H and O–H groups in total. The van der Waals surface area contributed by atoms with Crippen molar-refractivity contribution in [3.05, 3.63) is 52.7 Å². The zero-order valence-electron chi connectivity index (χ0n) is 11.9. The van der Waals surface area contributed by atoms with Crippen LogP contribution in [0.4, 0.5) is 11.5 Å². The van der Waals surface area contributed by atoms with Gasteiger partial charge in [-0.3, -0.25) is 4.79 Å². The number of pyridine rings is 1. The maximum absolute atomic E-state index is 11.3. The van der Waals surface area contributed by atoms with Gasteiger partial charge in [-0.25, -0.2) is 4.98 Å². The highest BCUT2D eigenvalue weighted by Crippen LogP contribution is 2.26. The van der Waals surface area contributed by atoms with E-state index in [9.17, 15) is 4.79 Å². The fourth-order valence-corrected chi connectivity index (χ4v) is 2.66. The number of hydrogen-bond donors (Lipinski definition) is 3. The van der Waals surface area contributed by atoms with Gasteiger partial charge in [0.25, 0.3) is 0 Å². The number of carbonyl (C=O) groups is 1. The normalized spacial score (nSPS) is 13.6. The summed E-state index contributed by atoms with van der Waals surface area (Å²) in [6.45, 7) is 3.71. The van der Waals surface area contributed by atoms with Crippen LogP contribution in [0.25, 0.3) is 0 Å². The van der Waals surface area contributed by atoms with Crippen molar-refractivity contribution in [1.82, 2.24) is 10.3 Å². The third-order valence-corrected chi connectivity index (χ3v) is 3.64. The van der Waals surface area contributed by atoms with Crippen LogP contribution in [0.5, 0.6) is 0 Å². The summed E-state index contributed by atoms with van der Waals surface area (Å²) in [6, 6.07) is 9.58. The van der Waals surface area contributed by atoms with Crippen LogP contribution in [-0.4, -0.2) is 17.4 Å². The Morgan fingerprint density at radius 1 is 1.38 bits per heavy atom. The molecule has 0 saturated carbocycles. The van der Waals surface area contributed by atoms with Crippen molar-refractivity contribution in [2.24, 2.45) is 5.73 Å². The van der Waals surface area contributed by atoms with E-state index in [4.69, 9.17) is 5.73 Å². The lowest BCUT2D eigenvalue weighted by atomic mass is 9.99. The van der Waals surface area contributed by atoms with Crippen LogP contribution in [0.15, 0.2) is 30.3 Å². The smallest absolute Gasteiger partial charge is 0.248 e. The molecular weight excluding hydrogens is 264 g/mol. The molecule has 1 aliphatic heterocycles. The molecule has 5 nitrogen and oxygen atoms in total. The molecule has 1 amide bonds. The van der Waals surface area contributed by atoms with Crippen molar-refractivity contribution in [3.8, 4) is 0 Å². The van der Waals surface area contributed by atoms with Gasteiger partial charge in [0.2, 0.25) is 5.91 Å². The van der Waals surface area contributed by atoms with Gasteiger partial charge in [0.1, 0.15) is 5.82 Å². The highest BCUT2D eigenvalue weighted by atomic mass is 16.1. The van der Waals surface area contributed by atoms with Gasteiger partial charge in [0.05, 0.1) is 0 Å². The molecule has 0 fully saturated rings. The Hall–Kier alpha value is -2.40. The van der Waals surface area contributed by atoms with Crippen LogP contribution >= 0.6 is 0 Å². The maximum atomic E-state index is 11.3. The molecule has 0 spiro atoms. The number of hydrogen-bond acceptors (Lipinski definition) is 4. The average Bonchev–Trinajstić information content (AvgIpc) is 2.47. The van der Waals surface area contributed by atoms with Gasteiger partial charge in [-0.05, 0) is 49.2 Å². The van der Waals surface area contributed by atoms with E-state index in [-0.39, 0.29) is 0 Å². The predicted octanol–water partition coefficient (Wildman–Crippen LogP) is 1.88. The molecule has 5 heteroatoms. The Morgan fingerprint density at radius 3 is 3.05 bits per heavy atom. The monoisotopic (exact) mass is 282 g/mol. The zero-order chi connectivity index (χ0) is 14.8. The SMILES string of the molecule is Cc1cc(C(N)=O)cc(Nc2cccc3c2CCNC3)n1. The van der Waals surface area contributed by atoms with E-state index in [0.717, 1.165) is 30.9 Å². The molecule has 0 atom stereocenters. The second kappa shape index (κ2) is 5.54. The van der Waals surface area contributed by atoms with Gasteiger partial charge in [0.15, 0.2) is 0 Å². The fraction of sp³-hybridized carbons (Fsp3) is 0.250. The van der Waals surface area contributed by atoms with Crippen molar-refractivity contribution in [2.75, 3.05) is 11.9 Å². The molecule has 2 heterocycles. The Labute approximate surface area is 123 Å². The minimum absolute atomic E-state index is 0.442. The number of fused-ring (bicyclic) bond motifs is 1. The number of carbonyl (C=O) groups excluding carboxylic acids is 1. The fourth-order valence-electron chi connectivity index (χ4n) is 2.66. The first-order valence-electron chi connectivity index (χ1n) is 7.00. The van der Waals surface area contributed by atoms with E-state index in [0.29, 0.717) is 11.4 Å². The van der Waals surface area contributed by atoms with Gasteiger partial charge < -0.3 is 16.4 Å². The van der Waals surface area contributed by atoms with Crippen LogP contribution in [0, 0.1) is 6.92 Å². The van der Waals surface area contributed by atoms with Crippen molar-refractivity contribution in [3.63, 3.8) is 0 Å². The molecule has 21 heavy (non-hydrogen) atoms. The van der Waals surface area contributed by atoms with E-state index in [1.165, 1.54) is 11.1 Å². The number of anilines is 2. The number of amides is 1. The number of benzene rings is 1. The summed E-state index contributed by atoms with van der Waals surface area (Å²) in [5, 5.41) is 6.68. The summed E-state index contributed by atoms with van der Waals surface area (Å²) >= 11 is 0. The number of primary amides is 1. The van der Waals surface area contributed by atoms with Crippen LogP contribution in [0.3, 0.4) is 0 Å². The van der Waals surface area contributed by atoms with E-state index in [1.54, 1.807) is 12.1 Å². The quantitative estimate of drug-likeness (QED) is 0.803. The number of aromatic nitrogens is 1. The van der Waals surface area contributed by atoms with Crippen molar-refractivity contribution < 1.29 is 4.79 Å². The van der Waals surface area contributed by atoms with E-state index in [1.807, 2.05) is 19.1 Å². The number of nitrogens with one attached hydrogen (secondary N) is 2. The summed E-state index contributed by atoms with van der Waals surface area (Å²) in [5.74, 6) is 0.207. The number of aryl methyl sites for hydroxylation is 1. The molecule has 0 aliphatic carbocycles. The largest absolute Gasteiger partial charge is 0.366 e. The highest BCUT2D eigenvalue weighted by Gasteiger charge is 2.13. The van der Waals surface area contributed by atoms with Crippen LogP contribution in [0.1, 0.15) is 27.2 Å². The van der Waals surface area contributed by atoms with Crippen LogP contribution in [-0.2, 0) is 13.0 Å². The molecule has 0 unspecified atom stereocenters. The molecule has 0 radical (unpaired) electrons. The second-order valence-electron chi connectivity index (χ2n) is 5.24. The molecule has 0 saturated heterocycles. The van der Waals surface area contributed by atoms with Crippen LogP contribution in [0.2, 0.25) is 0 Å². The lowest BCUT2D eigenvalue weighted by molar-refractivity contribution is 0.1000. The highest BCUT2D eigenvalue weighted by molar-refractivity contribution is 5.93. The second-order valence-corrected chi connectivity index (χ2v) is 5.24. The number of nitrogens with two attached hydrogens (primary N) is 1. The standard InChI is InChI=1S/C16H18N4O/c1-10-7-12(16(17)21)8-15(19-10)20-14-4-2-3-11-9-18-6-5-13(11)14/h2-4,7-8,18H,5-6,9H2,1H3,(H2,17,21)(H,19,20). The summed E-state index contributed by atoms with van der Waals surface area (Å²) in [7, 11) is 0. The molecule has 108 valence electrons. The molecule has 0 bridgehead atoms. The third kappa shape index (κ3) is 2.87. The topological polar surface area (TPSA) is 80.0 Å². The van der Waals surface area contributed by atoms with Crippen molar-refractivity contribution >= 4 is 17.4 Å². The predicted molar refractivity (Wildman–Crippen MR) is 82.6 cm³/mol. The van der Waals surface area contributed by atoms with Gasteiger partial charge >= 0.3 is 0 Å². The summed E-state index contributed by atoms with van der Waals surface area (Å²) in [5.41, 5.74) is 10.2. The Morgan fingerprint density at radius 2 is 2.24 bits per heavy atom. The van der Waals surface area contributed by atoms with Gasteiger partial charge in [0, 0.05) is 23.5 Å². The van der Waals surface area contributed by atoms with Gasteiger partial charge in [-0.15, -0.1) is 0 Å².